The summed E-state index contributed by atoms with van der Waals surface area (Å²) in [5.74, 6) is 0.827. The Balaban J connectivity index is 2.11. The van der Waals surface area contributed by atoms with Crippen molar-refractivity contribution in [2.75, 3.05) is 0 Å². The van der Waals surface area contributed by atoms with E-state index in [1.807, 2.05) is 43.3 Å². The minimum Gasteiger partial charge on any atom is -0.484 e. The van der Waals surface area contributed by atoms with Crippen LogP contribution in [0.15, 0.2) is 42.7 Å². The van der Waals surface area contributed by atoms with Gasteiger partial charge in [0.1, 0.15) is 18.2 Å². The van der Waals surface area contributed by atoms with Gasteiger partial charge in [0.25, 0.3) is 0 Å². The number of benzene rings is 1. The fraction of sp³-hybridized carbons (Fsp3) is 0.231. The zero-order valence-corrected chi connectivity index (χ0v) is 9.71. The first-order valence-corrected chi connectivity index (χ1v) is 5.52. The largest absolute Gasteiger partial charge is 0.484 e. The standard InChI is InChI=1S/C13H15N3O/c1-10(17-12-5-3-2-4-6-12)13-7-11(8-14)15-9-16-13/h2-7,9-10H,8,14H2,1H3. The highest BCUT2D eigenvalue weighted by molar-refractivity contribution is 5.22. The van der Waals surface area contributed by atoms with Gasteiger partial charge in [-0.2, -0.15) is 0 Å². The van der Waals surface area contributed by atoms with Gasteiger partial charge in [-0.3, -0.25) is 0 Å². The van der Waals surface area contributed by atoms with E-state index in [2.05, 4.69) is 9.97 Å². The molecule has 17 heavy (non-hydrogen) atoms. The van der Waals surface area contributed by atoms with Crippen molar-refractivity contribution < 1.29 is 4.74 Å². The first-order chi connectivity index (χ1) is 8.29. The van der Waals surface area contributed by atoms with Crippen LogP contribution in [0.25, 0.3) is 0 Å². The SMILES string of the molecule is CC(Oc1ccccc1)c1cc(CN)ncn1. The lowest BCUT2D eigenvalue weighted by Gasteiger charge is -2.14. The van der Waals surface area contributed by atoms with Crippen LogP contribution in [0.1, 0.15) is 24.4 Å². The molecule has 1 heterocycles. The third kappa shape index (κ3) is 3.01. The molecule has 1 atom stereocenters. The zero-order valence-electron chi connectivity index (χ0n) is 9.71. The van der Waals surface area contributed by atoms with Crippen molar-refractivity contribution in [3.63, 3.8) is 0 Å². The molecule has 2 N–H and O–H groups in total. The minimum absolute atomic E-state index is 0.120. The topological polar surface area (TPSA) is 61.0 Å². The number of rotatable bonds is 4. The molecule has 2 rings (SSSR count). The molecule has 0 spiro atoms. The van der Waals surface area contributed by atoms with Crippen LogP contribution >= 0.6 is 0 Å². The highest BCUT2D eigenvalue weighted by atomic mass is 16.5. The van der Waals surface area contributed by atoms with Gasteiger partial charge in [0.05, 0.1) is 11.4 Å². The smallest absolute Gasteiger partial charge is 0.138 e. The first kappa shape index (κ1) is 11.5. The molecule has 4 heteroatoms. The van der Waals surface area contributed by atoms with E-state index in [4.69, 9.17) is 10.5 Å². The van der Waals surface area contributed by atoms with E-state index in [0.717, 1.165) is 17.1 Å². The average molecular weight is 229 g/mol. The summed E-state index contributed by atoms with van der Waals surface area (Å²) in [5, 5.41) is 0. The molecule has 1 aromatic heterocycles. The van der Waals surface area contributed by atoms with Crippen LogP contribution in [0, 0.1) is 0 Å². The van der Waals surface area contributed by atoms with Gasteiger partial charge in [-0.15, -0.1) is 0 Å². The van der Waals surface area contributed by atoms with Crippen LogP contribution in [-0.4, -0.2) is 9.97 Å². The monoisotopic (exact) mass is 229 g/mol. The summed E-state index contributed by atoms with van der Waals surface area (Å²) in [5.41, 5.74) is 7.20. The lowest BCUT2D eigenvalue weighted by atomic mass is 10.2. The Hall–Kier alpha value is -1.94. The Kier molecular flexibility index (Phi) is 3.67. The van der Waals surface area contributed by atoms with Crippen LogP contribution in [0.4, 0.5) is 0 Å². The van der Waals surface area contributed by atoms with E-state index in [9.17, 15) is 0 Å². The lowest BCUT2D eigenvalue weighted by molar-refractivity contribution is 0.221. The van der Waals surface area contributed by atoms with Crippen molar-refractivity contribution in [2.45, 2.75) is 19.6 Å². The van der Waals surface area contributed by atoms with Crippen molar-refractivity contribution in [2.24, 2.45) is 5.73 Å². The highest BCUT2D eigenvalue weighted by Gasteiger charge is 2.09. The van der Waals surface area contributed by atoms with Gasteiger partial charge in [-0.05, 0) is 25.1 Å². The summed E-state index contributed by atoms with van der Waals surface area (Å²) in [6.07, 6.45) is 1.40. The summed E-state index contributed by atoms with van der Waals surface area (Å²) in [6.45, 7) is 2.36. The molecular weight excluding hydrogens is 214 g/mol. The molecule has 0 aliphatic rings. The van der Waals surface area contributed by atoms with E-state index in [0.29, 0.717) is 6.54 Å². The Morgan fingerprint density at radius 1 is 1.24 bits per heavy atom. The summed E-state index contributed by atoms with van der Waals surface area (Å²) in [4.78, 5) is 8.25. The third-order valence-corrected chi connectivity index (χ3v) is 2.43. The zero-order chi connectivity index (χ0) is 12.1. The van der Waals surface area contributed by atoms with Gasteiger partial charge in [0, 0.05) is 6.54 Å². The lowest BCUT2D eigenvalue weighted by Crippen LogP contribution is -2.08. The predicted octanol–water partition coefficient (Wildman–Crippen LogP) is 2.08. The van der Waals surface area contributed by atoms with Crippen molar-refractivity contribution >= 4 is 0 Å². The molecule has 0 aliphatic carbocycles. The maximum Gasteiger partial charge on any atom is 0.138 e. The Bertz CT molecular complexity index is 473. The molecule has 0 fully saturated rings. The quantitative estimate of drug-likeness (QED) is 0.871. The van der Waals surface area contributed by atoms with Crippen LogP contribution in [-0.2, 0) is 6.54 Å². The van der Waals surface area contributed by atoms with Gasteiger partial charge in [-0.25, -0.2) is 9.97 Å². The van der Waals surface area contributed by atoms with Crippen LogP contribution in [0.2, 0.25) is 0 Å². The Morgan fingerprint density at radius 2 is 2.00 bits per heavy atom. The summed E-state index contributed by atoms with van der Waals surface area (Å²) in [6, 6.07) is 11.5. The van der Waals surface area contributed by atoms with E-state index in [1.165, 1.54) is 6.33 Å². The first-order valence-electron chi connectivity index (χ1n) is 5.52. The van der Waals surface area contributed by atoms with E-state index < -0.39 is 0 Å². The Morgan fingerprint density at radius 3 is 2.71 bits per heavy atom. The molecule has 4 nitrogen and oxygen atoms in total. The molecule has 0 saturated carbocycles. The Labute approximate surface area is 100 Å². The van der Waals surface area contributed by atoms with Gasteiger partial charge in [-0.1, -0.05) is 18.2 Å². The number of para-hydroxylation sites is 1. The second kappa shape index (κ2) is 5.41. The van der Waals surface area contributed by atoms with Crippen molar-refractivity contribution in [3.05, 3.63) is 54.1 Å². The highest BCUT2D eigenvalue weighted by Crippen LogP contribution is 2.19. The molecule has 0 bridgehead atoms. The van der Waals surface area contributed by atoms with Crippen LogP contribution < -0.4 is 10.5 Å². The second-order valence-corrected chi connectivity index (χ2v) is 3.71. The molecule has 0 aliphatic heterocycles. The van der Waals surface area contributed by atoms with E-state index >= 15 is 0 Å². The van der Waals surface area contributed by atoms with E-state index in [1.54, 1.807) is 0 Å². The van der Waals surface area contributed by atoms with Gasteiger partial charge < -0.3 is 10.5 Å². The summed E-state index contributed by atoms with van der Waals surface area (Å²) in [7, 11) is 0. The molecule has 0 radical (unpaired) electrons. The molecule has 1 unspecified atom stereocenters. The average Bonchev–Trinajstić information content (AvgIpc) is 2.40. The van der Waals surface area contributed by atoms with E-state index in [-0.39, 0.29) is 6.10 Å². The summed E-state index contributed by atoms with van der Waals surface area (Å²) < 4.78 is 5.77. The third-order valence-electron chi connectivity index (χ3n) is 2.43. The van der Waals surface area contributed by atoms with Crippen molar-refractivity contribution in [1.29, 1.82) is 0 Å². The van der Waals surface area contributed by atoms with Gasteiger partial charge in [0.15, 0.2) is 0 Å². The number of ether oxygens (including phenoxy) is 1. The van der Waals surface area contributed by atoms with Crippen LogP contribution in [0.5, 0.6) is 5.75 Å². The van der Waals surface area contributed by atoms with Crippen LogP contribution in [0.3, 0.4) is 0 Å². The maximum atomic E-state index is 5.77. The predicted molar refractivity (Wildman–Crippen MR) is 65.4 cm³/mol. The number of aromatic nitrogens is 2. The summed E-state index contributed by atoms with van der Waals surface area (Å²) >= 11 is 0. The number of nitrogens with zero attached hydrogens (tertiary/aromatic N) is 2. The van der Waals surface area contributed by atoms with Gasteiger partial charge >= 0.3 is 0 Å². The number of hydrogen-bond acceptors (Lipinski definition) is 4. The fourth-order valence-electron chi connectivity index (χ4n) is 1.51. The number of nitrogens with two attached hydrogens (primary N) is 1. The molecule has 88 valence electrons. The van der Waals surface area contributed by atoms with Crippen molar-refractivity contribution in [1.82, 2.24) is 9.97 Å². The molecular formula is C13H15N3O. The molecule has 2 aromatic rings. The number of hydrogen-bond donors (Lipinski definition) is 1. The van der Waals surface area contributed by atoms with Gasteiger partial charge in [0.2, 0.25) is 0 Å². The normalized spacial score (nSPS) is 12.1. The molecule has 0 saturated heterocycles. The fourth-order valence-corrected chi connectivity index (χ4v) is 1.51. The van der Waals surface area contributed by atoms with Crippen molar-refractivity contribution in [3.8, 4) is 5.75 Å². The minimum atomic E-state index is -0.120. The molecule has 1 aromatic carbocycles. The molecule has 0 amide bonds. The maximum absolute atomic E-state index is 5.77. The second-order valence-electron chi connectivity index (χ2n) is 3.71.